The van der Waals surface area contributed by atoms with E-state index in [1.54, 1.807) is 0 Å². The fourth-order valence-electron chi connectivity index (χ4n) is 2.30. The predicted molar refractivity (Wildman–Crippen MR) is 103 cm³/mol. The van der Waals surface area contributed by atoms with E-state index >= 15 is 0 Å². The van der Waals surface area contributed by atoms with Crippen molar-refractivity contribution in [1.82, 2.24) is 0 Å². The monoisotopic (exact) mass is 407 g/mol. The number of benzene rings is 2. The second-order valence-electron chi connectivity index (χ2n) is 5.37. The Bertz CT molecular complexity index is 1070. The number of carbonyl (C=O) groups is 1. The normalized spacial score (nSPS) is 12.4. The van der Waals surface area contributed by atoms with Gasteiger partial charge in [-0.15, -0.1) is 11.3 Å². The first-order valence-electron chi connectivity index (χ1n) is 7.60. The number of carbonyl (C=O) groups excluding carboxylic acids is 1. The van der Waals surface area contributed by atoms with Gasteiger partial charge in [0.05, 0.1) is 22.7 Å². The minimum Gasteiger partial charge on any atom is -0.505 e. The molecule has 0 aliphatic heterocycles. The van der Waals surface area contributed by atoms with Crippen LogP contribution in [0.2, 0.25) is 5.02 Å². The molecule has 0 radical (unpaired) electrons. The first kappa shape index (κ1) is 19.0. The van der Waals surface area contributed by atoms with E-state index in [-0.39, 0.29) is 15.5 Å². The minimum absolute atomic E-state index is 0.184. The summed E-state index contributed by atoms with van der Waals surface area (Å²) in [5.41, 5.74) is 0.130. The molecule has 0 unspecified atom stereocenters. The number of aliphatic hydroxyl groups is 1. The first-order valence-corrected chi connectivity index (χ1v) is 8.79. The van der Waals surface area contributed by atoms with E-state index in [1.807, 2.05) is 0 Å². The van der Waals surface area contributed by atoms with E-state index in [2.05, 4.69) is 9.73 Å². The Morgan fingerprint density at radius 2 is 1.85 bits per heavy atom. The number of thiophene rings is 1. The van der Waals surface area contributed by atoms with E-state index in [0.717, 1.165) is 24.7 Å². The molecular formula is C19H12ClF2NO3S. The van der Waals surface area contributed by atoms with Crippen molar-refractivity contribution in [3.8, 4) is 0 Å². The van der Waals surface area contributed by atoms with Gasteiger partial charge in [0.25, 0.3) is 0 Å². The van der Waals surface area contributed by atoms with Crippen LogP contribution in [-0.4, -0.2) is 24.4 Å². The third kappa shape index (κ3) is 3.99. The zero-order valence-corrected chi connectivity index (χ0v) is 15.4. The molecule has 1 heterocycles. The number of nitrogens with zero attached hydrogens (tertiary/aromatic N) is 1. The lowest BCUT2D eigenvalue weighted by molar-refractivity contribution is -0.135. The maximum atomic E-state index is 13.4. The highest BCUT2D eigenvalue weighted by Gasteiger charge is 2.21. The summed E-state index contributed by atoms with van der Waals surface area (Å²) in [5.74, 6) is -2.15. The van der Waals surface area contributed by atoms with Crippen molar-refractivity contribution in [2.24, 2.45) is 4.99 Å². The third-order valence-corrected chi connectivity index (χ3v) is 5.30. The molecule has 8 heteroatoms. The molecule has 1 N–H and O–H groups in total. The lowest BCUT2D eigenvalue weighted by Crippen LogP contribution is -2.08. The summed E-state index contributed by atoms with van der Waals surface area (Å²) in [4.78, 5) is 16.3. The second-order valence-corrected chi connectivity index (χ2v) is 6.80. The van der Waals surface area contributed by atoms with Gasteiger partial charge in [-0.1, -0.05) is 11.6 Å². The third-order valence-electron chi connectivity index (χ3n) is 3.64. The minimum atomic E-state index is -0.835. The van der Waals surface area contributed by atoms with Crippen molar-refractivity contribution in [2.45, 2.75) is 0 Å². The van der Waals surface area contributed by atoms with Gasteiger partial charge in [0, 0.05) is 16.3 Å². The highest BCUT2D eigenvalue weighted by molar-refractivity contribution is 7.20. The Labute approximate surface area is 162 Å². The average Bonchev–Trinajstić information content (AvgIpc) is 2.98. The molecule has 138 valence electrons. The van der Waals surface area contributed by atoms with E-state index in [1.165, 1.54) is 42.5 Å². The molecule has 0 amide bonds. The van der Waals surface area contributed by atoms with Crippen LogP contribution in [-0.2, 0) is 9.53 Å². The summed E-state index contributed by atoms with van der Waals surface area (Å²) in [7, 11) is 1.16. The van der Waals surface area contributed by atoms with Crippen molar-refractivity contribution in [1.29, 1.82) is 0 Å². The predicted octanol–water partition coefficient (Wildman–Crippen LogP) is 5.68. The first-order chi connectivity index (χ1) is 12.9. The van der Waals surface area contributed by atoms with Crippen LogP contribution in [0, 0.1) is 11.6 Å². The summed E-state index contributed by atoms with van der Waals surface area (Å²) in [5, 5.41) is 11.3. The van der Waals surface area contributed by atoms with Crippen LogP contribution in [0.4, 0.5) is 14.5 Å². The summed E-state index contributed by atoms with van der Waals surface area (Å²) < 4.78 is 31.6. The fraction of sp³-hybridized carbons (Fsp3) is 0.0526. The van der Waals surface area contributed by atoms with Gasteiger partial charge in [-0.3, -0.25) is 4.99 Å². The van der Waals surface area contributed by atoms with Crippen LogP contribution in [0.15, 0.2) is 53.0 Å². The molecule has 0 bridgehead atoms. The Morgan fingerprint density at radius 3 is 2.52 bits per heavy atom. The smallest absolute Gasteiger partial charge is 0.343 e. The number of methoxy groups -OCH3 is 1. The van der Waals surface area contributed by atoms with Crippen molar-refractivity contribution >= 4 is 56.7 Å². The molecule has 27 heavy (non-hydrogen) atoms. The molecule has 0 atom stereocenters. The van der Waals surface area contributed by atoms with Gasteiger partial charge >= 0.3 is 5.97 Å². The Morgan fingerprint density at radius 1 is 1.19 bits per heavy atom. The van der Waals surface area contributed by atoms with Crippen LogP contribution in [0.1, 0.15) is 4.88 Å². The lowest BCUT2D eigenvalue weighted by Gasteiger charge is -2.04. The summed E-state index contributed by atoms with van der Waals surface area (Å²) in [6.07, 6.45) is 1.11. The standard InChI is InChI=1S/C19H12ClF2NO3S/c1-26-19(25)14(9-23-12-5-2-10(21)3-6-12)17(24)18-16(20)13-7-4-11(22)8-15(13)27-18/h2-9,24H,1H3/b17-14-,23-9?. The van der Waals surface area contributed by atoms with Gasteiger partial charge in [-0.25, -0.2) is 13.6 Å². The Balaban J connectivity index is 2.10. The van der Waals surface area contributed by atoms with Gasteiger partial charge in [0.15, 0.2) is 0 Å². The molecule has 3 aromatic rings. The number of aliphatic hydroxyl groups excluding tert-OH is 1. The SMILES string of the molecule is COC(=O)/C(C=Nc1ccc(F)cc1)=C(\O)c1sc2cc(F)ccc2c1Cl. The molecule has 0 spiro atoms. The number of hydrogen-bond donors (Lipinski definition) is 1. The molecule has 4 nitrogen and oxygen atoms in total. The maximum Gasteiger partial charge on any atom is 0.343 e. The zero-order chi connectivity index (χ0) is 19.6. The van der Waals surface area contributed by atoms with E-state index in [4.69, 9.17) is 11.6 Å². The molecule has 0 saturated carbocycles. The zero-order valence-electron chi connectivity index (χ0n) is 13.9. The van der Waals surface area contributed by atoms with Crippen LogP contribution < -0.4 is 0 Å². The largest absolute Gasteiger partial charge is 0.505 e. The van der Waals surface area contributed by atoms with Crippen LogP contribution in [0.25, 0.3) is 15.8 Å². The number of hydrogen-bond acceptors (Lipinski definition) is 5. The number of ether oxygens (including phenoxy) is 1. The Hall–Kier alpha value is -2.77. The van der Waals surface area contributed by atoms with E-state index in [9.17, 15) is 18.7 Å². The molecular weight excluding hydrogens is 396 g/mol. The van der Waals surface area contributed by atoms with Crippen molar-refractivity contribution in [3.05, 3.63) is 69.6 Å². The molecule has 0 saturated heterocycles. The van der Waals surface area contributed by atoms with Gasteiger partial charge in [-0.2, -0.15) is 0 Å². The highest BCUT2D eigenvalue weighted by atomic mass is 35.5. The number of rotatable bonds is 4. The number of halogens is 3. The number of esters is 1. The summed E-state index contributed by atoms with van der Waals surface area (Å²) in [6, 6.07) is 9.28. The molecule has 0 aliphatic carbocycles. The molecule has 0 fully saturated rings. The lowest BCUT2D eigenvalue weighted by atomic mass is 10.2. The van der Waals surface area contributed by atoms with Crippen molar-refractivity contribution < 1.29 is 23.4 Å². The fourth-order valence-corrected chi connectivity index (χ4v) is 3.80. The van der Waals surface area contributed by atoms with Crippen LogP contribution in [0.5, 0.6) is 0 Å². The topological polar surface area (TPSA) is 58.9 Å². The summed E-state index contributed by atoms with van der Waals surface area (Å²) >= 11 is 7.31. The molecule has 3 rings (SSSR count). The van der Waals surface area contributed by atoms with Crippen LogP contribution in [0.3, 0.4) is 0 Å². The quantitative estimate of drug-likeness (QED) is 0.262. The van der Waals surface area contributed by atoms with Gasteiger partial charge < -0.3 is 9.84 Å². The molecule has 0 aliphatic rings. The van der Waals surface area contributed by atoms with E-state index in [0.29, 0.717) is 15.8 Å². The van der Waals surface area contributed by atoms with E-state index < -0.39 is 23.4 Å². The molecule has 2 aromatic carbocycles. The van der Waals surface area contributed by atoms with Gasteiger partial charge in [0.2, 0.25) is 0 Å². The summed E-state index contributed by atoms with van der Waals surface area (Å²) in [6.45, 7) is 0. The van der Waals surface area contributed by atoms with Crippen LogP contribution >= 0.6 is 22.9 Å². The van der Waals surface area contributed by atoms with Gasteiger partial charge in [-0.05, 0) is 42.5 Å². The number of fused-ring (bicyclic) bond motifs is 1. The Kier molecular flexibility index (Phi) is 5.53. The van der Waals surface area contributed by atoms with Crippen molar-refractivity contribution in [3.63, 3.8) is 0 Å². The number of aliphatic imine (C=N–C) groups is 1. The van der Waals surface area contributed by atoms with Crippen molar-refractivity contribution in [2.75, 3.05) is 7.11 Å². The maximum absolute atomic E-state index is 13.4. The second kappa shape index (κ2) is 7.85. The average molecular weight is 408 g/mol. The highest BCUT2D eigenvalue weighted by Crippen LogP contribution is 2.39. The molecule has 1 aromatic heterocycles. The van der Waals surface area contributed by atoms with Gasteiger partial charge in [0.1, 0.15) is 23.0 Å².